The topological polar surface area (TPSA) is 69.6 Å². The lowest BCUT2D eigenvalue weighted by Crippen LogP contribution is -2.38. The van der Waals surface area contributed by atoms with E-state index in [4.69, 9.17) is 5.11 Å². The number of nitrogens with one attached hydrogen (secondary N) is 1. The number of β-amino-alcohol motifs (C(OH)–C–C–N with tert-alkyl or cyclic N) is 1. The fraction of sp³-hybridized carbons (Fsp3) is 0.647. The summed E-state index contributed by atoms with van der Waals surface area (Å²) in [5.41, 5.74) is 0. The standard InChI is InChI=1S/C17H28N2O3S/c20-13-12-19-10-7-16(8-11-19)15-18-9-4-14-23(21,22)17-5-2-1-3-6-17/h1-3,5-6,16,18,20H,4,7-15H2. The average Bonchev–Trinajstić information content (AvgIpc) is 2.57. The Morgan fingerprint density at radius 2 is 1.87 bits per heavy atom. The summed E-state index contributed by atoms with van der Waals surface area (Å²) in [5.74, 6) is 0.856. The third kappa shape index (κ3) is 6.22. The summed E-state index contributed by atoms with van der Waals surface area (Å²) < 4.78 is 24.3. The van der Waals surface area contributed by atoms with Crippen LogP contribution in [0.4, 0.5) is 0 Å². The highest BCUT2D eigenvalue weighted by molar-refractivity contribution is 7.91. The molecule has 2 rings (SSSR count). The zero-order valence-electron chi connectivity index (χ0n) is 13.7. The van der Waals surface area contributed by atoms with Crippen molar-refractivity contribution in [2.45, 2.75) is 24.2 Å². The number of aliphatic hydroxyl groups is 1. The first-order valence-corrected chi connectivity index (χ1v) is 10.1. The van der Waals surface area contributed by atoms with Gasteiger partial charge in [0.2, 0.25) is 0 Å². The van der Waals surface area contributed by atoms with E-state index in [1.807, 2.05) is 6.07 Å². The first-order valence-electron chi connectivity index (χ1n) is 8.43. The number of aliphatic hydroxyl groups excluding tert-OH is 1. The maximum absolute atomic E-state index is 12.1. The molecule has 1 aromatic rings. The first-order chi connectivity index (χ1) is 11.1. The SMILES string of the molecule is O=S(=O)(CCCNCC1CCN(CCO)CC1)c1ccccc1. The fourth-order valence-electron chi connectivity index (χ4n) is 2.99. The van der Waals surface area contributed by atoms with Gasteiger partial charge >= 0.3 is 0 Å². The van der Waals surface area contributed by atoms with Crippen LogP contribution in [0.1, 0.15) is 19.3 Å². The first kappa shape index (κ1) is 18.4. The van der Waals surface area contributed by atoms with Crippen LogP contribution in [0.15, 0.2) is 35.2 Å². The molecule has 6 heteroatoms. The van der Waals surface area contributed by atoms with Crippen molar-refractivity contribution in [1.82, 2.24) is 10.2 Å². The Kier molecular flexibility index (Phi) is 7.49. The van der Waals surface area contributed by atoms with Gasteiger partial charge in [0.15, 0.2) is 9.84 Å². The second-order valence-corrected chi connectivity index (χ2v) is 8.31. The van der Waals surface area contributed by atoms with Gasteiger partial charge < -0.3 is 15.3 Å². The molecule has 0 bridgehead atoms. The van der Waals surface area contributed by atoms with E-state index in [0.29, 0.717) is 17.2 Å². The summed E-state index contributed by atoms with van der Waals surface area (Å²) in [6, 6.07) is 8.65. The van der Waals surface area contributed by atoms with E-state index in [9.17, 15) is 8.42 Å². The predicted octanol–water partition coefficient (Wildman–Crippen LogP) is 1.14. The van der Waals surface area contributed by atoms with Gasteiger partial charge in [-0.3, -0.25) is 0 Å². The number of hydrogen-bond acceptors (Lipinski definition) is 5. The van der Waals surface area contributed by atoms with Gasteiger partial charge in [0.05, 0.1) is 17.3 Å². The maximum atomic E-state index is 12.1. The van der Waals surface area contributed by atoms with E-state index in [0.717, 1.165) is 45.6 Å². The molecule has 0 saturated carbocycles. The minimum Gasteiger partial charge on any atom is -0.395 e. The third-order valence-electron chi connectivity index (χ3n) is 4.43. The van der Waals surface area contributed by atoms with Crippen LogP contribution in [-0.4, -0.2) is 63.5 Å². The predicted molar refractivity (Wildman–Crippen MR) is 92.2 cm³/mol. The Balaban J connectivity index is 1.60. The van der Waals surface area contributed by atoms with E-state index in [1.165, 1.54) is 0 Å². The molecule has 1 aliphatic rings. The summed E-state index contributed by atoms with van der Waals surface area (Å²) >= 11 is 0. The van der Waals surface area contributed by atoms with Crippen molar-refractivity contribution in [1.29, 1.82) is 0 Å². The van der Waals surface area contributed by atoms with E-state index in [-0.39, 0.29) is 12.4 Å². The maximum Gasteiger partial charge on any atom is 0.178 e. The number of hydrogen-bond donors (Lipinski definition) is 2. The molecule has 0 aromatic heterocycles. The molecular formula is C17H28N2O3S. The number of piperidine rings is 1. The molecule has 0 unspecified atom stereocenters. The van der Waals surface area contributed by atoms with E-state index >= 15 is 0 Å². The molecule has 130 valence electrons. The molecule has 5 nitrogen and oxygen atoms in total. The summed E-state index contributed by atoms with van der Waals surface area (Å²) in [7, 11) is -3.15. The molecule has 0 spiro atoms. The molecule has 2 N–H and O–H groups in total. The highest BCUT2D eigenvalue weighted by atomic mass is 32.2. The molecule has 23 heavy (non-hydrogen) atoms. The second kappa shape index (κ2) is 9.37. The van der Waals surface area contributed by atoms with Crippen molar-refractivity contribution in [2.24, 2.45) is 5.92 Å². The quantitative estimate of drug-likeness (QED) is 0.660. The summed E-state index contributed by atoms with van der Waals surface area (Å²) in [6.45, 7) is 4.81. The number of rotatable bonds is 9. The summed E-state index contributed by atoms with van der Waals surface area (Å²) in [6.07, 6.45) is 2.94. The molecule has 1 heterocycles. The van der Waals surface area contributed by atoms with Crippen LogP contribution in [0.2, 0.25) is 0 Å². The van der Waals surface area contributed by atoms with Crippen molar-refractivity contribution in [3.05, 3.63) is 30.3 Å². The Morgan fingerprint density at radius 3 is 2.52 bits per heavy atom. The van der Waals surface area contributed by atoms with E-state index in [1.54, 1.807) is 24.3 Å². The van der Waals surface area contributed by atoms with Gasteiger partial charge in [-0.1, -0.05) is 18.2 Å². The molecule has 1 aromatic carbocycles. The lowest BCUT2D eigenvalue weighted by molar-refractivity contribution is 0.147. The number of benzene rings is 1. The van der Waals surface area contributed by atoms with E-state index < -0.39 is 9.84 Å². The van der Waals surface area contributed by atoms with Gasteiger partial charge in [0.25, 0.3) is 0 Å². The van der Waals surface area contributed by atoms with Crippen LogP contribution < -0.4 is 5.32 Å². The fourth-order valence-corrected chi connectivity index (χ4v) is 4.33. The molecule has 0 aliphatic carbocycles. The minimum atomic E-state index is -3.15. The lowest BCUT2D eigenvalue weighted by Gasteiger charge is -2.31. The number of nitrogens with zero attached hydrogens (tertiary/aromatic N) is 1. The van der Waals surface area contributed by atoms with Gasteiger partial charge in [-0.2, -0.15) is 0 Å². The van der Waals surface area contributed by atoms with Crippen molar-refractivity contribution >= 4 is 9.84 Å². The van der Waals surface area contributed by atoms with Crippen LogP contribution in [0.5, 0.6) is 0 Å². The van der Waals surface area contributed by atoms with Crippen molar-refractivity contribution in [3.63, 3.8) is 0 Å². The number of likely N-dealkylation sites (tertiary alicyclic amines) is 1. The molecule has 0 atom stereocenters. The zero-order chi connectivity index (χ0) is 16.5. The minimum absolute atomic E-state index is 0.193. The van der Waals surface area contributed by atoms with Gasteiger partial charge in [0.1, 0.15) is 0 Å². The second-order valence-electron chi connectivity index (χ2n) is 6.20. The molecule has 1 saturated heterocycles. The average molecular weight is 340 g/mol. The highest BCUT2D eigenvalue weighted by Gasteiger charge is 2.18. The van der Waals surface area contributed by atoms with Crippen LogP contribution >= 0.6 is 0 Å². The lowest BCUT2D eigenvalue weighted by atomic mass is 9.97. The van der Waals surface area contributed by atoms with Gasteiger partial charge in [0, 0.05) is 6.54 Å². The smallest absolute Gasteiger partial charge is 0.178 e. The van der Waals surface area contributed by atoms with Crippen LogP contribution in [-0.2, 0) is 9.84 Å². The molecule has 1 fully saturated rings. The normalized spacial score (nSPS) is 17.4. The highest BCUT2D eigenvalue weighted by Crippen LogP contribution is 2.16. The monoisotopic (exact) mass is 340 g/mol. The molecular weight excluding hydrogens is 312 g/mol. The van der Waals surface area contributed by atoms with E-state index in [2.05, 4.69) is 10.2 Å². The van der Waals surface area contributed by atoms with Gasteiger partial charge in [-0.15, -0.1) is 0 Å². The van der Waals surface area contributed by atoms with Crippen LogP contribution in [0.3, 0.4) is 0 Å². The van der Waals surface area contributed by atoms with Crippen molar-refractivity contribution in [3.8, 4) is 0 Å². The Labute approximate surface area is 139 Å². The third-order valence-corrected chi connectivity index (χ3v) is 6.24. The Bertz CT molecular complexity index is 540. The largest absolute Gasteiger partial charge is 0.395 e. The Hall–Kier alpha value is -0.950. The molecule has 0 amide bonds. The number of sulfone groups is 1. The van der Waals surface area contributed by atoms with Crippen molar-refractivity contribution in [2.75, 3.05) is 45.1 Å². The zero-order valence-corrected chi connectivity index (χ0v) is 14.5. The molecule has 0 radical (unpaired) electrons. The Morgan fingerprint density at radius 1 is 1.17 bits per heavy atom. The summed E-state index contributed by atoms with van der Waals surface area (Å²) in [5, 5.41) is 12.3. The van der Waals surface area contributed by atoms with Gasteiger partial charge in [-0.05, 0) is 63.5 Å². The summed E-state index contributed by atoms with van der Waals surface area (Å²) in [4.78, 5) is 2.71. The van der Waals surface area contributed by atoms with Gasteiger partial charge in [-0.25, -0.2) is 8.42 Å². The van der Waals surface area contributed by atoms with Crippen LogP contribution in [0, 0.1) is 5.92 Å². The van der Waals surface area contributed by atoms with Crippen molar-refractivity contribution < 1.29 is 13.5 Å². The molecule has 1 aliphatic heterocycles. The van der Waals surface area contributed by atoms with Crippen LogP contribution in [0.25, 0.3) is 0 Å².